The molecule has 3 radical (unpaired) electrons. The van der Waals surface area contributed by atoms with Crippen molar-refractivity contribution in [1.29, 1.82) is 0 Å². The zero-order valence-electron chi connectivity index (χ0n) is 14.2. The third kappa shape index (κ3) is 7.73. The van der Waals surface area contributed by atoms with Crippen LogP contribution in [0.1, 0.15) is 60.8 Å². The van der Waals surface area contributed by atoms with Gasteiger partial charge in [-0.25, -0.2) is 0 Å². The molecule has 0 N–H and O–H groups in total. The van der Waals surface area contributed by atoms with Crippen LogP contribution in [0.3, 0.4) is 0 Å². The van der Waals surface area contributed by atoms with Gasteiger partial charge in [0.25, 0.3) is 0 Å². The molecule has 0 aromatic rings. The minimum atomic E-state index is 0.363. The van der Waals surface area contributed by atoms with Gasteiger partial charge in [0.15, 0.2) is 0 Å². The average molecular weight is 279 g/mol. The number of rotatable bonds is 10. The smallest absolute Gasteiger partial charge is 0.127 e. The highest BCUT2D eigenvalue weighted by Crippen LogP contribution is 2.40. The Bertz CT molecular complexity index is 229. The molecule has 0 aliphatic heterocycles. The van der Waals surface area contributed by atoms with Crippen LogP contribution in [0.5, 0.6) is 0 Å². The molecule has 0 aliphatic carbocycles. The molecule has 3 unspecified atom stereocenters. The Balaban J connectivity index is 4.61. The van der Waals surface area contributed by atoms with Crippen LogP contribution in [-0.4, -0.2) is 27.0 Å². The van der Waals surface area contributed by atoms with Crippen molar-refractivity contribution in [2.24, 2.45) is 17.3 Å². The summed E-state index contributed by atoms with van der Waals surface area (Å²) in [4.78, 5) is 0. The summed E-state index contributed by atoms with van der Waals surface area (Å²) in [6, 6.07) is 0. The molecule has 0 amide bonds. The molecule has 0 heterocycles. The summed E-state index contributed by atoms with van der Waals surface area (Å²) >= 11 is 1.92. The SMILES string of the molecule is [B]C(CC)CC(C)C([B]CSC)CC(C)(C)C(C)C. The summed E-state index contributed by atoms with van der Waals surface area (Å²) in [5.74, 6) is 2.48. The maximum Gasteiger partial charge on any atom is 0.127 e. The number of hydrogen-bond acceptors (Lipinski definition) is 1. The van der Waals surface area contributed by atoms with E-state index in [0.717, 1.165) is 24.4 Å². The van der Waals surface area contributed by atoms with Crippen molar-refractivity contribution in [3.63, 3.8) is 0 Å². The van der Waals surface area contributed by atoms with Crippen LogP contribution in [0.25, 0.3) is 0 Å². The fourth-order valence-corrected chi connectivity index (χ4v) is 2.84. The highest BCUT2D eigenvalue weighted by atomic mass is 32.2. The summed E-state index contributed by atoms with van der Waals surface area (Å²) in [6.45, 7) is 14.1. The molecular formula is C16H33B2S. The molecule has 3 heteroatoms. The number of hydrogen-bond donors (Lipinski definition) is 0. The molecule has 3 atom stereocenters. The average Bonchev–Trinajstić information content (AvgIpc) is 2.33. The first-order valence-electron chi connectivity index (χ1n) is 7.82. The van der Waals surface area contributed by atoms with E-state index in [0.29, 0.717) is 23.0 Å². The van der Waals surface area contributed by atoms with Gasteiger partial charge >= 0.3 is 0 Å². The van der Waals surface area contributed by atoms with Crippen molar-refractivity contribution in [2.75, 3.05) is 11.9 Å². The molecule has 0 saturated heterocycles. The molecule has 0 aromatic heterocycles. The Morgan fingerprint density at radius 1 is 1.21 bits per heavy atom. The fraction of sp³-hybridized carbons (Fsp3) is 1.00. The second-order valence-electron chi connectivity index (χ2n) is 7.08. The maximum absolute atomic E-state index is 6.14. The van der Waals surface area contributed by atoms with E-state index >= 15 is 0 Å². The van der Waals surface area contributed by atoms with Crippen LogP contribution in [0.15, 0.2) is 0 Å². The van der Waals surface area contributed by atoms with E-state index in [1.54, 1.807) is 0 Å². The molecule has 0 aliphatic rings. The van der Waals surface area contributed by atoms with Crippen LogP contribution in [-0.2, 0) is 0 Å². The molecule has 0 spiro atoms. The van der Waals surface area contributed by atoms with Gasteiger partial charge in [-0.3, -0.25) is 0 Å². The summed E-state index contributed by atoms with van der Waals surface area (Å²) in [5, 5.41) is 0. The van der Waals surface area contributed by atoms with Gasteiger partial charge < -0.3 is 0 Å². The molecule has 0 aromatic carbocycles. The van der Waals surface area contributed by atoms with Gasteiger partial charge in [-0.05, 0) is 29.2 Å². The summed E-state index contributed by atoms with van der Waals surface area (Å²) in [6.07, 6.45) is 5.71. The van der Waals surface area contributed by atoms with Gasteiger partial charge in [0.2, 0.25) is 0 Å². The van der Waals surface area contributed by atoms with Crippen LogP contribution < -0.4 is 0 Å². The third-order valence-corrected chi connectivity index (χ3v) is 5.35. The van der Waals surface area contributed by atoms with Crippen LogP contribution in [0.4, 0.5) is 0 Å². The van der Waals surface area contributed by atoms with Gasteiger partial charge in [-0.2, -0.15) is 11.8 Å². The quantitative estimate of drug-likeness (QED) is 0.491. The molecule has 0 rings (SSSR count). The predicted octanol–water partition coefficient (Wildman–Crippen LogP) is 5.27. The molecule has 19 heavy (non-hydrogen) atoms. The van der Waals surface area contributed by atoms with Crippen molar-refractivity contribution in [3.05, 3.63) is 0 Å². The predicted molar refractivity (Wildman–Crippen MR) is 94.7 cm³/mol. The van der Waals surface area contributed by atoms with Gasteiger partial charge in [0, 0.05) is 0 Å². The minimum Gasteiger partial charge on any atom is -0.174 e. The van der Waals surface area contributed by atoms with Gasteiger partial charge in [0.1, 0.15) is 7.28 Å². The zero-order chi connectivity index (χ0) is 15.1. The van der Waals surface area contributed by atoms with E-state index in [9.17, 15) is 0 Å². The summed E-state index contributed by atoms with van der Waals surface area (Å²) < 4.78 is 0. The van der Waals surface area contributed by atoms with Crippen molar-refractivity contribution in [1.82, 2.24) is 0 Å². The van der Waals surface area contributed by atoms with Gasteiger partial charge in [-0.1, -0.05) is 72.4 Å². The third-order valence-electron chi connectivity index (χ3n) is 4.82. The lowest BCUT2D eigenvalue weighted by Gasteiger charge is -2.36. The highest BCUT2D eigenvalue weighted by molar-refractivity contribution is 7.99. The molecular weight excluding hydrogens is 246 g/mol. The Morgan fingerprint density at radius 3 is 2.21 bits per heavy atom. The maximum atomic E-state index is 6.14. The minimum absolute atomic E-state index is 0.363. The first-order valence-corrected chi connectivity index (χ1v) is 9.21. The Kier molecular flexibility index (Phi) is 9.66. The molecule has 109 valence electrons. The Morgan fingerprint density at radius 2 is 1.79 bits per heavy atom. The summed E-state index contributed by atoms with van der Waals surface area (Å²) in [5.41, 5.74) is 1.56. The molecule has 0 nitrogen and oxygen atoms in total. The molecule has 0 saturated carbocycles. The van der Waals surface area contributed by atoms with E-state index < -0.39 is 0 Å². The topological polar surface area (TPSA) is 0 Å². The zero-order valence-corrected chi connectivity index (χ0v) is 15.0. The lowest BCUT2D eigenvalue weighted by molar-refractivity contribution is 0.207. The monoisotopic (exact) mass is 279 g/mol. The standard InChI is InChI=1S/C16H33B2S/c1-8-14(17)9-13(4)15(18-11-19-7)10-16(5,6)12(2)3/h12-15H,8-11H2,1-7H3. The van der Waals surface area contributed by atoms with E-state index in [-0.39, 0.29) is 0 Å². The fourth-order valence-electron chi connectivity index (χ4n) is 2.40. The van der Waals surface area contributed by atoms with Crippen molar-refractivity contribution in [3.8, 4) is 0 Å². The normalized spacial score (nSPS) is 17.3. The highest BCUT2D eigenvalue weighted by Gasteiger charge is 2.29. The van der Waals surface area contributed by atoms with Crippen molar-refractivity contribution >= 4 is 26.9 Å². The van der Waals surface area contributed by atoms with Crippen LogP contribution >= 0.6 is 11.8 Å². The van der Waals surface area contributed by atoms with Crippen LogP contribution in [0.2, 0.25) is 11.6 Å². The van der Waals surface area contributed by atoms with Crippen molar-refractivity contribution < 1.29 is 0 Å². The number of thioether (sulfide) groups is 1. The lowest BCUT2D eigenvalue weighted by Crippen LogP contribution is -2.27. The molecule has 0 fully saturated rings. The van der Waals surface area contributed by atoms with Crippen LogP contribution in [0, 0.1) is 17.3 Å². The van der Waals surface area contributed by atoms with Gasteiger partial charge in [0.05, 0.1) is 7.85 Å². The molecule has 0 bridgehead atoms. The first-order chi connectivity index (χ1) is 8.74. The second-order valence-corrected chi connectivity index (χ2v) is 7.99. The van der Waals surface area contributed by atoms with E-state index in [1.807, 2.05) is 11.8 Å². The summed E-state index contributed by atoms with van der Waals surface area (Å²) in [7, 11) is 8.67. The first kappa shape index (κ1) is 19.5. The van der Waals surface area contributed by atoms with E-state index in [2.05, 4.69) is 55.1 Å². The van der Waals surface area contributed by atoms with E-state index in [1.165, 1.54) is 6.42 Å². The largest absolute Gasteiger partial charge is 0.174 e. The Hall–Kier alpha value is 0.480. The van der Waals surface area contributed by atoms with E-state index in [4.69, 9.17) is 7.85 Å². The second kappa shape index (κ2) is 9.42. The Labute approximate surface area is 128 Å². The lowest BCUT2D eigenvalue weighted by atomic mass is 9.53. The van der Waals surface area contributed by atoms with Crippen molar-refractivity contribution in [2.45, 2.75) is 72.4 Å². The van der Waals surface area contributed by atoms with Gasteiger partial charge in [-0.15, -0.1) is 0 Å².